The Bertz CT molecular complexity index is 373. The predicted molar refractivity (Wildman–Crippen MR) is 71.3 cm³/mol. The number of hydrogen-bond acceptors (Lipinski definition) is 3. The molecule has 3 nitrogen and oxygen atoms in total. The molecular weight excluding hydrogens is 317 g/mol. The molecule has 0 amide bonds. The zero-order valence-corrected chi connectivity index (χ0v) is 11.2. The molecule has 1 aromatic rings. The van der Waals surface area contributed by atoms with Gasteiger partial charge in [-0.05, 0) is 65.6 Å². The number of halogens is 1. The van der Waals surface area contributed by atoms with Gasteiger partial charge in [0.1, 0.15) is 6.04 Å². The van der Waals surface area contributed by atoms with E-state index in [1.54, 1.807) is 0 Å². The van der Waals surface area contributed by atoms with Gasteiger partial charge < -0.3 is 10.1 Å². The van der Waals surface area contributed by atoms with Crippen molar-refractivity contribution in [3.63, 3.8) is 0 Å². The van der Waals surface area contributed by atoms with Gasteiger partial charge in [0.15, 0.2) is 0 Å². The van der Waals surface area contributed by atoms with E-state index in [0.717, 1.165) is 18.5 Å². The van der Waals surface area contributed by atoms with E-state index < -0.39 is 0 Å². The Morgan fingerprint density at radius 1 is 1.44 bits per heavy atom. The summed E-state index contributed by atoms with van der Waals surface area (Å²) in [7, 11) is 1.44. The fourth-order valence-corrected chi connectivity index (χ4v) is 2.01. The monoisotopic (exact) mass is 331 g/mol. The van der Waals surface area contributed by atoms with Crippen molar-refractivity contribution in [2.45, 2.75) is 18.9 Å². The number of anilines is 1. The lowest BCUT2D eigenvalue weighted by molar-refractivity contribution is -0.142. The highest BCUT2D eigenvalue weighted by atomic mass is 127. The summed E-state index contributed by atoms with van der Waals surface area (Å²) in [4.78, 5) is 11.6. The predicted octanol–water partition coefficient (Wildman–Crippen LogP) is 2.65. The van der Waals surface area contributed by atoms with Gasteiger partial charge in [0, 0.05) is 9.26 Å². The van der Waals surface area contributed by atoms with Crippen LogP contribution in [-0.2, 0) is 9.53 Å². The van der Waals surface area contributed by atoms with E-state index in [4.69, 9.17) is 4.74 Å². The zero-order chi connectivity index (χ0) is 11.5. The van der Waals surface area contributed by atoms with Crippen LogP contribution in [0.2, 0.25) is 0 Å². The standard InChI is InChI=1S/C12H14INO2/c1-16-12(15)11(8-2-3-8)14-10-6-4-9(13)5-7-10/h4-8,11,14H,2-3H2,1H3. The first kappa shape index (κ1) is 11.7. The summed E-state index contributed by atoms with van der Waals surface area (Å²) in [5.74, 6) is 0.271. The summed E-state index contributed by atoms with van der Waals surface area (Å²) in [6.07, 6.45) is 2.22. The van der Waals surface area contributed by atoms with Gasteiger partial charge in [0.05, 0.1) is 7.11 Å². The third-order valence-electron chi connectivity index (χ3n) is 2.71. The average molecular weight is 331 g/mol. The van der Waals surface area contributed by atoms with Crippen molar-refractivity contribution >= 4 is 34.2 Å². The number of rotatable bonds is 4. The Balaban J connectivity index is 2.05. The second kappa shape index (κ2) is 5.03. The number of ether oxygens (including phenoxy) is 1. The van der Waals surface area contributed by atoms with Crippen molar-refractivity contribution in [3.8, 4) is 0 Å². The Hall–Kier alpha value is -0.780. The van der Waals surface area contributed by atoms with Gasteiger partial charge >= 0.3 is 5.97 Å². The van der Waals surface area contributed by atoms with Crippen molar-refractivity contribution in [1.29, 1.82) is 0 Å². The van der Waals surface area contributed by atoms with Crippen molar-refractivity contribution in [2.24, 2.45) is 5.92 Å². The number of carbonyl (C=O) groups excluding carboxylic acids is 1. The normalized spacial score (nSPS) is 16.6. The molecule has 0 heterocycles. The summed E-state index contributed by atoms with van der Waals surface area (Å²) in [6, 6.07) is 7.82. The van der Waals surface area contributed by atoms with Crippen molar-refractivity contribution in [3.05, 3.63) is 27.8 Å². The van der Waals surface area contributed by atoms with Gasteiger partial charge in [0.25, 0.3) is 0 Å². The minimum atomic E-state index is -0.190. The smallest absolute Gasteiger partial charge is 0.328 e. The SMILES string of the molecule is COC(=O)C(Nc1ccc(I)cc1)C1CC1. The quantitative estimate of drug-likeness (QED) is 0.681. The van der Waals surface area contributed by atoms with Gasteiger partial charge in [-0.3, -0.25) is 0 Å². The molecule has 0 aliphatic heterocycles. The number of esters is 1. The van der Waals surface area contributed by atoms with E-state index in [9.17, 15) is 4.79 Å². The average Bonchev–Trinajstić information content (AvgIpc) is 3.11. The highest BCUT2D eigenvalue weighted by molar-refractivity contribution is 14.1. The van der Waals surface area contributed by atoms with Crippen molar-refractivity contribution in [2.75, 3.05) is 12.4 Å². The number of hydrogen-bond donors (Lipinski definition) is 1. The summed E-state index contributed by atoms with van der Waals surface area (Å²) >= 11 is 2.26. The topological polar surface area (TPSA) is 38.3 Å². The van der Waals surface area contributed by atoms with E-state index in [2.05, 4.69) is 27.9 Å². The number of benzene rings is 1. The molecule has 1 unspecified atom stereocenters. The van der Waals surface area contributed by atoms with Gasteiger partial charge in [-0.1, -0.05) is 0 Å². The first-order valence-electron chi connectivity index (χ1n) is 5.30. The third kappa shape index (κ3) is 2.87. The van der Waals surface area contributed by atoms with Crippen LogP contribution in [0.1, 0.15) is 12.8 Å². The van der Waals surface area contributed by atoms with Crippen LogP contribution in [0.5, 0.6) is 0 Å². The van der Waals surface area contributed by atoms with Crippen LogP contribution in [0.4, 0.5) is 5.69 Å². The largest absolute Gasteiger partial charge is 0.467 e. The number of carbonyl (C=O) groups is 1. The molecule has 1 aliphatic carbocycles. The fraction of sp³-hybridized carbons (Fsp3) is 0.417. The van der Waals surface area contributed by atoms with Gasteiger partial charge in [-0.25, -0.2) is 4.79 Å². The van der Waals surface area contributed by atoms with E-state index in [1.165, 1.54) is 10.7 Å². The molecule has 0 aromatic heterocycles. The molecule has 0 spiro atoms. The van der Waals surface area contributed by atoms with E-state index in [-0.39, 0.29) is 12.0 Å². The minimum Gasteiger partial charge on any atom is -0.467 e. The molecule has 86 valence electrons. The van der Waals surface area contributed by atoms with Gasteiger partial charge in [-0.15, -0.1) is 0 Å². The fourth-order valence-electron chi connectivity index (χ4n) is 1.65. The van der Waals surface area contributed by atoms with Crippen LogP contribution in [0.15, 0.2) is 24.3 Å². The van der Waals surface area contributed by atoms with Gasteiger partial charge in [-0.2, -0.15) is 0 Å². The van der Waals surface area contributed by atoms with E-state index in [1.807, 2.05) is 24.3 Å². The summed E-state index contributed by atoms with van der Waals surface area (Å²) < 4.78 is 5.99. The maximum atomic E-state index is 11.6. The molecule has 2 rings (SSSR count). The summed E-state index contributed by atoms with van der Waals surface area (Å²) in [5.41, 5.74) is 0.975. The first-order chi connectivity index (χ1) is 7.70. The van der Waals surface area contributed by atoms with E-state index >= 15 is 0 Å². The number of nitrogens with one attached hydrogen (secondary N) is 1. The molecule has 1 N–H and O–H groups in total. The lowest BCUT2D eigenvalue weighted by Crippen LogP contribution is -2.32. The first-order valence-corrected chi connectivity index (χ1v) is 6.38. The maximum absolute atomic E-state index is 11.6. The lowest BCUT2D eigenvalue weighted by atomic mass is 10.1. The highest BCUT2D eigenvalue weighted by Crippen LogP contribution is 2.34. The molecule has 1 aromatic carbocycles. The van der Waals surface area contributed by atoms with Crippen LogP contribution in [0, 0.1) is 9.49 Å². The molecule has 0 radical (unpaired) electrons. The summed E-state index contributed by atoms with van der Waals surface area (Å²) in [6.45, 7) is 0. The van der Waals surface area contributed by atoms with Crippen molar-refractivity contribution in [1.82, 2.24) is 0 Å². The molecule has 0 saturated heterocycles. The van der Waals surface area contributed by atoms with Crippen LogP contribution < -0.4 is 5.32 Å². The van der Waals surface area contributed by atoms with Crippen LogP contribution in [0.25, 0.3) is 0 Å². The van der Waals surface area contributed by atoms with Gasteiger partial charge in [0.2, 0.25) is 0 Å². The van der Waals surface area contributed by atoms with Crippen LogP contribution >= 0.6 is 22.6 Å². The molecular formula is C12H14INO2. The minimum absolute atomic E-state index is 0.166. The highest BCUT2D eigenvalue weighted by Gasteiger charge is 2.36. The zero-order valence-electron chi connectivity index (χ0n) is 9.07. The molecule has 1 saturated carbocycles. The van der Waals surface area contributed by atoms with Crippen LogP contribution in [0.3, 0.4) is 0 Å². The number of methoxy groups -OCH3 is 1. The third-order valence-corrected chi connectivity index (χ3v) is 3.43. The lowest BCUT2D eigenvalue weighted by Gasteiger charge is -2.16. The molecule has 16 heavy (non-hydrogen) atoms. The Morgan fingerprint density at radius 3 is 2.56 bits per heavy atom. The van der Waals surface area contributed by atoms with Crippen LogP contribution in [-0.4, -0.2) is 19.1 Å². The molecule has 1 atom stereocenters. The maximum Gasteiger partial charge on any atom is 0.328 e. The molecule has 4 heteroatoms. The molecule has 1 aliphatic rings. The Morgan fingerprint density at radius 2 is 2.06 bits per heavy atom. The Labute approximate surface area is 109 Å². The molecule has 1 fully saturated rings. The second-order valence-electron chi connectivity index (χ2n) is 3.99. The van der Waals surface area contributed by atoms with E-state index in [0.29, 0.717) is 5.92 Å². The summed E-state index contributed by atoms with van der Waals surface area (Å²) in [5, 5.41) is 3.24. The van der Waals surface area contributed by atoms with Crippen molar-refractivity contribution < 1.29 is 9.53 Å². The molecule has 0 bridgehead atoms. The second-order valence-corrected chi connectivity index (χ2v) is 5.24. The Kier molecular flexibility index (Phi) is 3.68.